The van der Waals surface area contributed by atoms with Gasteiger partial charge in [-0.25, -0.2) is 9.37 Å². The van der Waals surface area contributed by atoms with Gasteiger partial charge in [0.05, 0.1) is 18.7 Å². The lowest BCUT2D eigenvalue weighted by atomic mass is 10.2. The summed E-state index contributed by atoms with van der Waals surface area (Å²) in [5.74, 6) is 1.27. The highest BCUT2D eigenvalue weighted by Crippen LogP contribution is 2.23. The lowest BCUT2D eigenvalue weighted by molar-refractivity contribution is -0.120. The number of carbonyl (C=O) groups excluding carboxylic acids is 1. The summed E-state index contributed by atoms with van der Waals surface area (Å²) in [5.41, 5.74) is 1.61. The standard InChI is InChI=1S/C16H22FN5O2/c1-10-11(2)24-16(20-10)9-22-8-12(17)5-14(22)7-18-15(23)6-13-3-4-19-21-13/h3-4,12,14H,5-9H2,1-2H3,(H,18,23)(H,19,21)/t12-,14-/m0/s1. The van der Waals surface area contributed by atoms with Crippen molar-refractivity contribution in [3.05, 3.63) is 35.3 Å². The van der Waals surface area contributed by atoms with Crippen LogP contribution in [0.3, 0.4) is 0 Å². The Bertz CT molecular complexity index is 665. The number of rotatable bonds is 6. The lowest BCUT2D eigenvalue weighted by Gasteiger charge is -2.22. The van der Waals surface area contributed by atoms with Crippen molar-refractivity contribution in [2.45, 2.75) is 45.4 Å². The molecule has 2 aromatic heterocycles. The van der Waals surface area contributed by atoms with Gasteiger partial charge in [0.1, 0.15) is 11.9 Å². The van der Waals surface area contributed by atoms with E-state index in [0.29, 0.717) is 31.9 Å². The van der Waals surface area contributed by atoms with E-state index >= 15 is 0 Å². The molecule has 1 amide bonds. The molecular weight excluding hydrogens is 313 g/mol. The number of oxazole rings is 1. The summed E-state index contributed by atoms with van der Waals surface area (Å²) in [6.45, 7) is 4.95. The molecule has 1 aliphatic rings. The zero-order valence-corrected chi connectivity index (χ0v) is 13.9. The van der Waals surface area contributed by atoms with E-state index < -0.39 is 6.17 Å². The zero-order valence-electron chi connectivity index (χ0n) is 13.9. The van der Waals surface area contributed by atoms with Gasteiger partial charge in [0.2, 0.25) is 11.8 Å². The predicted octanol–water partition coefficient (Wildman–Crippen LogP) is 1.29. The molecule has 0 aliphatic carbocycles. The van der Waals surface area contributed by atoms with Crippen LogP contribution in [0.4, 0.5) is 4.39 Å². The Hall–Kier alpha value is -2.22. The van der Waals surface area contributed by atoms with Gasteiger partial charge >= 0.3 is 0 Å². The van der Waals surface area contributed by atoms with Crippen LogP contribution in [0.15, 0.2) is 16.7 Å². The highest BCUT2D eigenvalue weighted by atomic mass is 19.1. The highest BCUT2D eigenvalue weighted by Gasteiger charge is 2.33. The van der Waals surface area contributed by atoms with E-state index in [9.17, 15) is 9.18 Å². The van der Waals surface area contributed by atoms with Crippen LogP contribution in [0.2, 0.25) is 0 Å². The Kier molecular flexibility index (Phi) is 4.94. The van der Waals surface area contributed by atoms with E-state index in [1.54, 1.807) is 12.3 Å². The van der Waals surface area contributed by atoms with Gasteiger partial charge in [-0.15, -0.1) is 0 Å². The second-order valence-corrected chi connectivity index (χ2v) is 6.23. The van der Waals surface area contributed by atoms with Gasteiger partial charge in [0, 0.05) is 31.0 Å². The van der Waals surface area contributed by atoms with Crippen molar-refractivity contribution in [1.82, 2.24) is 25.4 Å². The normalized spacial score (nSPS) is 21.3. The number of likely N-dealkylation sites (tertiary alicyclic amines) is 1. The molecule has 0 radical (unpaired) electrons. The molecule has 2 atom stereocenters. The summed E-state index contributed by atoms with van der Waals surface area (Å²) in [4.78, 5) is 18.3. The van der Waals surface area contributed by atoms with Crippen molar-refractivity contribution in [3.63, 3.8) is 0 Å². The number of nitrogens with one attached hydrogen (secondary N) is 2. The molecule has 3 heterocycles. The van der Waals surface area contributed by atoms with E-state index in [1.165, 1.54) is 0 Å². The number of alkyl halides is 1. The number of nitrogens with zero attached hydrogens (tertiary/aromatic N) is 3. The van der Waals surface area contributed by atoms with E-state index in [4.69, 9.17) is 4.42 Å². The predicted molar refractivity (Wildman–Crippen MR) is 85.0 cm³/mol. The number of carbonyl (C=O) groups is 1. The van der Waals surface area contributed by atoms with Crippen LogP contribution < -0.4 is 5.32 Å². The van der Waals surface area contributed by atoms with Crippen molar-refractivity contribution in [1.29, 1.82) is 0 Å². The van der Waals surface area contributed by atoms with Crippen molar-refractivity contribution < 1.29 is 13.6 Å². The molecule has 0 unspecified atom stereocenters. The molecule has 3 rings (SSSR count). The van der Waals surface area contributed by atoms with Gasteiger partial charge in [-0.2, -0.15) is 5.10 Å². The van der Waals surface area contributed by atoms with Gasteiger partial charge < -0.3 is 9.73 Å². The van der Waals surface area contributed by atoms with E-state index in [2.05, 4.69) is 20.5 Å². The van der Waals surface area contributed by atoms with Crippen molar-refractivity contribution in [2.24, 2.45) is 0 Å². The molecule has 0 saturated carbocycles. The third-order valence-corrected chi connectivity index (χ3v) is 4.33. The molecule has 1 fully saturated rings. The van der Waals surface area contributed by atoms with Crippen LogP contribution in [0, 0.1) is 13.8 Å². The van der Waals surface area contributed by atoms with Crippen LogP contribution >= 0.6 is 0 Å². The maximum Gasteiger partial charge on any atom is 0.226 e. The summed E-state index contributed by atoms with van der Waals surface area (Å²) in [7, 11) is 0. The Morgan fingerprint density at radius 3 is 3.04 bits per heavy atom. The summed E-state index contributed by atoms with van der Waals surface area (Å²) in [5, 5.41) is 9.43. The topological polar surface area (TPSA) is 87.0 Å². The molecular formula is C16H22FN5O2. The Balaban J connectivity index is 1.53. The molecule has 2 N–H and O–H groups in total. The SMILES string of the molecule is Cc1nc(CN2C[C@@H](F)C[C@H]2CNC(=O)Cc2ccn[nH]2)oc1C. The number of H-pyrrole nitrogens is 1. The van der Waals surface area contributed by atoms with Crippen molar-refractivity contribution in [3.8, 4) is 0 Å². The second kappa shape index (κ2) is 7.12. The van der Waals surface area contributed by atoms with E-state index in [0.717, 1.165) is 17.1 Å². The molecule has 130 valence electrons. The Labute approximate surface area is 139 Å². The number of amides is 1. The first-order chi connectivity index (χ1) is 11.5. The first-order valence-electron chi connectivity index (χ1n) is 8.07. The third-order valence-electron chi connectivity index (χ3n) is 4.33. The Morgan fingerprint density at radius 2 is 2.38 bits per heavy atom. The number of hydrogen-bond acceptors (Lipinski definition) is 5. The minimum atomic E-state index is -0.892. The maximum atomic E-state index is 13.8. The molecule has 7 nitrogen and oxygen atoms in total. The second-order valence-electron chi connectivity index (χ2n) is 6.23. The Morgan fingerprint density at radius 1 is 1.54 bits per heavy atom. The van der Waals surface area contributed by atoms with Crippen LogP contribution in [0.25, 0.3) is 0 Å². The minimum Gasteiger partial charge on any atom is -0.444 e. The number of aromatic nitrogens is 3. The highest BCUT2D eigenvalue weighted by molar-refractivity contribution is 5.78. The van der Waals surface area contributed by atoms with Crippen molar-refractivity contribution in [2.75, 3.05) is 13.1 Å². The smallest absolute Gasteiger partial charge is 0.226 e. The van der Waals surface area contributed by atoms with Crippen LogP contribution in [-0.4, -0.2) is 51.3 Å². The average Bonchev–Trinajstić information content (AvgIpc) is 3.21. The summed E-state index contributed by atoms with van der Waals surface area (Å²) >= 11 is 0. The van der Waals surface area contributed by atoms with Crippen LogP contribution in [-0.2, 0) is 17.8 Å². The minimum absolute atomic E-state index is 0.0572. The number of aromatic amines is 1. The third kappa shape index (κ3) is 4.00. The van der Waals surface area contributed by atoms with Gasteiger partial charge in [-0.05, 0) is 26.3 Å². The maximum absolute atomic E-state index is 13.8. The summed E-state index contributed by atoms with van der Waals surface area (Å²) in [6.07, 6.45) is 1.36. The van der Waals surface area contributed by atoms with Crippen LogP contribution in [0.5, 0.6) is 0 Å². The fourth-order valence-corrected chi connectivity index (χ4v) is 2.96. The molecule has 8 heteroatoms. The summed E-state index contributed by atoms with van der Waals surface area (Å²) in [6, 6.07) is 1.70. The average molecular weight is 335 g/mol. The lowest BCUT2D eigenvalue weighted by Crippen LogP contribution is -2.40. The number of hydrogen-bond donors (Lipinski definition) is 2. The number of halogens is 1. The first-order valence-corrected chi connectivity index (χ1v) is 8.07. The van der Waals surface area contributed by atoms with Crippen LogP contribution in [0.1, 0.15) is 29.5 Å². The molecule has 24 heavy (non-hydrogen) atoms. The molecule has 1 saturated heterocycles. The van der Waals surface area contributed by atoms with Crippen molar-refractivity contribution >= 4 is 5.91 Å². The molecule has 0 aromatic carbocycles. The zero-order chi connectivity index (χ0) is 17.1. The van der Waals surface area contributed by atoms with Gasteiger partial charge in [0.25, 0.3) is 0 Å². The largest absolute Gasteiger partial charge is 0.444 e. The van der Waals surface area contributed by atoms with Gasteiger partial charge in [0.15, 0.2) is 0 Å². The number of aryl methyl sites for hydroxylation is 2. The van der Waals surface area contributed by atoms with Gasteiger partial charge in [-0.3, -0.25) is 14.8 Å². The fraction of sp³-hybridized carbons (Fsp3) is 0.562. The van der Waals surface area contributed by atoms with E-state index in [-0.39, 0.29) is 18.4 Å². The first kappa shape index (κ1) is 16.6. The molecule has 0 bridgehead atoms. The molecule has 1 aliphatic heterocycles. The molecule has 0 spiro atoms. The van der Waals surface area contributed by atoms with E-state index in [1.807, 2.05) is 18.7 Å². The fourth-order valence-electron chi connectivity index (χ4n) is 2.96. The monoisotopic (exact) mass is 335 g/mol. The molecule has 2 aromatic rings. The van der Waals surface area contributed by atoms with Gasteiger partial charge in [-0.1, -0.05) is 0 Å². The summed E-state index contributed by atoms with van der Waals surface area (Å²) < 4.78 is 19.4. The quantitative estimate of drug-likeness (QED) is 0.830.